The second-order valence-corrected chi connectivity index (χ2v) is 6.86. The summed E-state index contributed by atoms with van der Waals surface area (Å²) in [6.07, 6.45) is 1.53. The molecule has 0 aliphatic carbocycles. The number of thiophene rings is 1. The van der Waals surface area contributed by atoms with Gasteiger partial charge < -0.3 is 5.32 Å². The van der Waals surface area contributed by atoms with Gasteiger partial charge in [-0.2, -0.15) is 0 Å². The lowest BCUT2D eigenvalue weighted by Crippen LogP contribution is -1.96. The van der Waals surface area contributed by atoms with Crippen LogP contribution in [0.1, 0.15) is 11.1 Å². The van der Waals surface area contributed by atoms with Gasteiger partial charge in [0.05, 0.1) is 5.39 Å². The summed E-state index contributed by atoms with van der Waals surface area (Å²) in [6.45, 7) is 4.19. The van der Waals surface area contributed by atoms with Gasteiger partial charge in [-0.25, -0.2) is 14.4 Å². The molecule has 2 aromatic carbocycles. The quantitative estimate of drug-likeness (QED) is 0.503. The molecule has 25 heavy (non-hydrogen) atoms. The van der Waals surface area contributed by atoms with Crippen LogP contribution in [0.2, 0.25) is 0 Å². The van der Waals surface area contributed by atoms with Gasteiger partial charge in [0, 0.05) is 16.6 Å². The molecule has 4 rings (SSSR count). The maximum atomic E-state index is 13.5. The van der Waals surface area contributed by atoms with Gasteiger partial charge in [-0.1, -0.05) is 29.8 Å². The molecule has 0 spiro atoms. The number of hydrogen-bond acceptors (Lipinski definition) is 4. The largest absolute Gasteiger partial charge is 0.339 e. The third kappa shape index (κ3) is 2.98. The van der Waals surface area contributed by atoms with Gasteiger partial charge in [-0.3, -0.25) is 0 Å². The smallest absolute Gasteiger partial charge is 0.143 e. The van der Waals surface area contributed by atoms with E-state index >= 15 is 0 Å². The third-order valence-corrected chi connectivity index (χ3v) is 5.02. The maximum absolute atomic E-state index is 13.5. The Morgan fingerprint density at radius 2 is 1.88 bits per heavy atom. The Labute approximate surface area is 149 Å². The summed E-state index contributed by atoms with van der Waals surface area (Å²) in [4.78, 5) is 9.69. The van der Waals surface area contributed by atoms with Crippen LogP contribution >= 0.6 is 11.3 Å². The highest BCUT2D eigenvalue weighted by Crippen LogP contribution is 2.38. The average Bonchev–Trinajstić information content (AvgIpc) is 3.00. The van der Waals surface area contributed by atoms with Crippen LogP contribution in [-0.4, -0.2) is 9.97 Å². The minimum atomic E-state index is -0.282. The van der Waals surface area contributed by atoms with Crippen LogP contribution in [0.25, 0.3) is 21.3 Å². The van der Waals surface area contributed by atoms with Crippen molar-refractivity contribution in [3.05, 3.63) is 71.1 Å². The van der Waals surface area contributed by atoms with E-state index in [9.17, 15) is 4.39 Å². The lowest BCUT2D eigenvalue weighted by Gasteiger charge is -2.10. The molecule has 124 valence electrons. The first-order valence-corrected chi connectivity index (χ1v) is 8.82. The molecule has 0 amide bonds. The summed E-state index contributed by atoms with van der Waals surface area (Å²) in [6, 6.07) is 12.8. The van der Waals surface area contributed by atoms with Crippen molar-refractivity contribution in [3.8, 4) is 11.1 Å². The van der Waals surface area contributed by atoms with Gasteiger partial charge in [-0.05, 0) is 43.2 Å². The van der Waals surface area contributed by atoms with Crippen LogP contribution in [0.15, 0.2) is 54.2 Å². The number of nitrogens with zero attached hydrogens (tertiary/aromatic N) is 2. The van der Waals surface area contributed by atoms with E-state index in [1.165, 1.54) is 29.6 Å². The van der Waals surface area contributed by atoms with Gasteiger partial charge in [0.2, 0.25) is 0 Å². The molecule has 0 radical (unpaired) electrons. The topological polar surface area (TPSA) is 37.8 Å². The molecule has 1 N–H and O–H groups in total. The third-order valence-electron chi connectivity index (χ3n) is 4.13. The fourth-order valence-electron chi connectivity index (χ4n) is 2.99. The monoisotopic (exact) mass is 349 g/mol. The maximum Gasteiger partial charge on any atom is 0.143 e. The molecule has 5 heteroatoms. The number of rotatable bonds is 3. The zero-order chi connectivity index (χ0) is 17.4. The van der Waals surface area contributed by atoms with E-state index < -0.39 is 0 Å². The van der Waals surface area contributed by atoms with E-state index in [1.807, 2.05) is 6.07 Å². The molecule has 0 saturated heterocycles. The van der Waals surface area contributed by atoms with Crippen molar-refractivity contribution in [2.24, 2.45) is 0 Å². The predicted molar refractivity (Wildman–Crippen MR) is 102 cm³/mol. The first-order valence-electron chi connectivity index (χ1n) is 7.94. The molecule has 0 bridgehead atoms. The number of anilines is 2. The van der Waals surface area contributed by atoms with Crippen LogP contribution < -0.4 is 5.32 Å². The van der Waals surface area contributed by atoms with Gasteiger partial charge in [-0.15, -0.1) is 11.3 Å². The normalized spacial score (nSPS) is 11.0. The molecule has 0 saturated carbocycles. The number of halogens is 1. The van der Waals surface area contributed by atoms with Crippen LogP contribution in [0.4, 0.5) is 15.9 Å². The summed E-state index contributed by atoms with van der Waals surface area (Å²) < 4.78 is 13.5. The first-order chi connectivity index (χ1) is 12.1. The average molecular weight is 349 g/mol. The van der Waals surface area contributed by atoms with Crippen molar-refractivity contribution < 1.29 is 4.39 Å². The summed E-state index contributed by atoms with van der Waals surface area (Å²) in [7, 11) is 0. The van der Waals surface area contributed by atoms with E-state index in [-0.39, 0.29) is 5.82 Å². The summed E-state index contributed by atoms with van der Waals surface area (Å²) >= 11 is 1.58. The van der Waals surface area contributed by atoms with E-state index in [1.54, 1.807) is 17.4 Å². The Bertz CT molecular complexity index is 1070. The lowest BCUT2D eigenvalue weighted by atomic mass is 9.99. The number of aryl methyl sites for hydroxylation is 2. The molecule has 4 aromatic rings. The van der Waals surface area contributed by atoms with Crippen molar-refractivity contribution in [2.45, 2.75) is 13.8 Å². The summed E-state index contributed by atoms with van der Waals surface area (Å²) in [5, 5.41) is 6.30. The molecule has 2 aromatic heterocycles. The number of nitrogens with one attached hydrogen (secondary N) is 1. The molecule has 0 aliphatic heterocycles. The van der Waals surface area contributed by atoms with Crippen LogP contribution in [0, 0.1) is 19.7 Å². The SMILES string of the molecule is Cc1ccc(-c2csc3ncnc(Nc4cccc(F)c4)c23)c(C)c1. The van der Waals surface area contributed by atoms with Crippen molar-refractivity contribution >= 4 is 33.1 Å². The second-order valence-electron chi connectivity index (χ2n) is 6.01. The van der Waals surface area contributed by atoms with Crippen molar-refractivity contribution in [2.75, 3.05) is 5.32 Å². The van der Waals surface area contributed by atoms with Gasteiger partial charge in [0.25, 0.3) is 0 Å². The minimum Gasteiger partial charge on any atom is -0.339 e. The highest BCUT2D eigenvalue weighted by Gasteiger charge is 2.15. The standard InChI is InChI=1S/C20H16FN3S/c1-12-6-7-16(13(2)8-12)17-10-25-20-18(17)19(22-11-23-20)24-15-5-3-4-14(21)9-15/h3-11H,1-2H3,(H,22,23,24). The predicted octanol–water partition coefficient (Wildman–Crippen LogP) is 5.86. The van der Waals surface area contributed by atoms with Gasteiger partial charge in [0.15, 0.2) is 0 Å². The molecule has 0 fully saturated rings. The number of aromatic nitrogens is 2. The summed E-state index contributed by atoms with van der Waals surface area (Å²) in [5.74, 6) is 0.405. The van der Waals surface area contributed by atoms with Crippen molar-refractivity contribution in [1.82, 2.24) is 9.97 Å². The second kappa shape index (κ2) is 6.26. The molecule has 0 atom stereocenters. The highest BCUT2D eigenvalue weighted by atomic mass is 32.1. The zero-order valence-corrected chi connectivity index (χ0v) is 14.7. The van der Waals surface area contributed by atoms with Crippen LogP contribution in [0.5, 0.6) is 0 Å². The molecular formula is C20H16FN3S. The van der Waals surface area contributed by atoms with E-state index in [0.717, 1.165) is 21.3 Å². The summed E-state index contributed by atoms with van der Waals surface area (Å²) in [5.41, 5.74) is 5.36. The van der Waals surface area contributed by atoms with E-state index in [0.29, 0.717) is 11.5 Å². The van der Waals surface area contributed by atoms with Crippen molar-refractivity contribution in [1.29, 1.82) is 0 Å². The first kappa shape index (κ1) is 15.7. The minimum absolute atomic E-state index is 0.282. The van der Waals surface area contributed by atoms with Crippen LogP contribution in [0.3, 0.4) is 0 Å². The molecular weight excluding hydrogens is 333 g/mol. The molecule has 3 nitrogen and oxygen atoms in total. The number of fused-ring (bicyclic) bond motifs is 1. The molecule has 0 aliphatic rings. The Balaban J connectivity index is 1.87. The van der Waals surface area contributed by atoms with Gasteiger partial charge >= 0.3 is 0 Å². The Kier molecular flexibility index (Phi) is 3.93. The molecule has 2 heterocycles. The lowest BCUT2D eigenvalue weighted by molar-refractivity contribution is 0.628. The van der Waals surface area contributed by atoms with Gasteiger partial charge in [0.1, 0.15) is 22.8 Å². The van der Waals surface area contributed by atoms with Crippen molar-refractivity contribution in [3.63, 3.8) is 0 Å². The number of benzene rings is 2. The Hall–Kier alpha value is -2.79. The highest BCUT2D eigenvalue weighted by molar-refractivity contribution is 7.17. The Morgan fingerprint density at radius 3 is 2.68 bits per heavy atom. The number of hydrogen-bond donors (Lipinski definition) is 1. The fraction of sp³-hybridized carbons (Fsp3) is 0.100. The van der Waals surface area contributed by atoms with E-state index in [2.05, 4.69) is 52.7 Å². The molecule has 0 unspecified atom stereocenters. The zero-order valence-electron chi connectivity index (χ0n) is 13.9. The van der Waals surface area contributed by atoms with Crippen LogP contribution in [-0.2, 0) is 0 Å². The fourth-order valence-corrected chi connectivity index (χ4v) is 3.89. The van der Waals surface area contributed by atoms with E-state index in [4.69, 9.17) is 0 Å². The Morgan fingerprint density at radius 1 is 1.00 bits per heavy atom.